The van der Waals surface area contributed by atoms with Crippen molar-refractivity contribution in [2.75, 3.05) is 5.43 Å². The lowest BCUT2D eigenvalue weighted by atomic mass is 10.1. The smallest absolute Gasteiger partial charge is 0.186 e. The van der Waals surface area contributed by atoms with Crippen LogP contribution in [-0.2, 0) is 5.72 Å². The van der Waals surface area contributed by atoms with E-state index in [-0.39, 0.29) is 0 Å². The summed E-state index contributed by atoms with van der Waals surface area (Å²) in [4.78, 5) is 8.06. The number of hydrazine groups is 1. The van der Waals surface area contributed by atoms with Crippen molar-refractivity contribution in [3.8, 4) is 0 Å². The van der Waals surface area contributed by atoms with Gasteiger partial charge in [0.05, 0.1) is 11.6 Å². The molecule has 8 nitrogen and oxygen atoms in total. The van der Waals surface area contributed by atoms with E-state index in [9.17, 15) is 10.2 Å². The van der Waals surface area contributed by atoms with Gasteiger partial charge in [-0.05, 0) is 19.3 Å². The zero-order chi connectivity index (χ0) is 12.8. The van der Waals surface area contributed by atoms with Crippen LogP contribution in [0.1, 0.15) is 19.3 Å². The molecule has 8 heteroatoms. The van der Waals surface area contributed by atoms with E-state index < -0.39 is 11.8 Å². The molecular weight excluding hydrogens is 236 g/mol. The van der Waals surface area contributed by atoms with Gasteiger partial charge in [-0.15, -0.1) is 0 Å². The highest BCUT2D eigenvalue weighted by Crippen LogP contribution is 2.36. The normalized spacial score (nSPS) is 27.8. The summed E-state index contributed by atoms with van der Waals surface area (Å²) in [6, 6.07) is 0. The SMILES string of the molecule is NNc1ncnc2c1cnn2C1(O)CCCC1O. The van der Waals surface area contributed by atoms with E-state index in [1.54, 1.807) is 0 Å². The predicted octanol–water partition coefficient (Wildman–Crippen LogP) is -0.698. The number of nitrogens with two attached hydrogens (primary N) is 1. The molecule has 0 aliphatic heterocycles. The molecule has 2 aromatic heterocycles. The van der Waals surface area contributed by atoms with Crippen LogP contribution in [0.5, 0.6) is 0 Å². The lowest BCUT2D eigenvalue weighted by molar-refractivity contribution is -0.120. The van der Waals surface area contributed by atoms with Gasteiger partial charge in [0.25, 0.3) is 0 Å². The number of nitrogens with one attached hydrogen (secondary N) is 1. The number of nitrogens with zero attached hydrogens (tertiary/aromatic N) is 4. The average Bonchev–Trinajstić information content (AvgIpc) is 2.94. The fourth-order valence-corrected chi connectivity index (χ4v) is 2.44. The van der Waals surface area contributed by atoms with Crippen LogP contribution in [0.4, 0.5) is 5.82 Å². The number of aliphatic hydroxyl groups excluding tert-OH is 1. The fourth-order valence-electron chi connectivity index (χ4n) is 2.44. The van der Waals surface area contributed by atoms with Gasteiger partial charge in [0, 0.05) is 0 Å². The lowest BCUT2D eigenvalue weighted by Crippen LogP contribution is -2.41. The Bertz CT molecular complexity index is 585. The summed E-state index contributed by atoms with van der Waals surface area (Å²) in [5, 5.41) is 25.2. The number of hydrogen-bond donors (Lipinski definition) is 4. The van der Waals surface area contributed by atoms with Crippen LogP contribution in [-0.4, -0.2) is 36.1 Å². The predicted molar refractivity (Wildman–Crippen MR) is 63.2 cm³/mol. The summed E-state index contributed by atoms with van der Waals surface area (Å²) < 4.78 is 1.35. The molecule has 0 radical (unpaired) electrons. The first-order chi connectivity index (χ1) is 8.66. The van der Waals surface area contributed by atoms with Gasteiger partial charge in [-0.3, -0.25) is 0 Å². The Kier molecular flexibility index (Phi) is 2.44. The molecule has 0 aromatic carbocycles. The molecule has 1 aliphatic rings. The minimum atomic E-state index is -1.40. The van der Waals surface area contributed by atoms with Crippen molar-refractivity contribution in [3.05, 3.63) is 12.5 Å². The summed E-state index contributed by atoms with van der Waals surface area (Å²) in [6.45, 7) is 0. The van der Waals surface area contributed by atoms with Crippen LogP contribution in [0.25, 0.3) is 11.0 Å². The number of aromatic nitrogens is 4. The molecule has 0 spiro atoms. The van der Waals surface area contributed by atoms with Crippen molar-refractivity contribution in [1.29, 1.82) is 0 Å². The highest BCUT2D eigenvalue weighted by atomic mass is 16.4. The molecule has 1 saturated carbocycles. The Labute approximate surface area is 102 Å². The molecule has 1 fully saturated rings. The van der Waals surface area contributed by atoms with Gasteiger partial charge in [-0.2, -0.15) is 5.10 Å². The molecule has 96 valence electrons. The minimum absolute atomic E-state index is 0.433. The van der Waals surface area contributed by atoms with Crippen molar-refractivity contribution in [3.63, 3.8) is 0 Å². The molecule has 2 heterocycles. The number of aliphatic hydroxyl groups is 2. The summed E-state index contributed by atoms with van der Waals surface area (Å²) >= 11 is 0. The van der Waals surface area contributed by atoms with Gasteiger partial charge in [0.15, 0.2) is 17.2 Å². The largest absolute Gasteiger partial charge is 0.388 e. The average molecular weight is 250 g/mol. The van der Waals surface area contributed by atoms with E-state index >= 15 is 0 Å². The molecule has 18 heavy (non-hydrogen) atoms. The third-order valence-electron chi connectivity index (χ3n) is 3.43. The molecule has 0 bridgehead atoms. The maximum atomic E-state index is 10.5. The Morgan fingerprint density at radius 3 is 3.00 bits per heavy atom. The van der Waals surface area contributed by atoms with E-state index in [1.807, 2.05) is 0 Å². The number of nitrogen functional groups attached to an aromatic ring is 1. The molecule has 2 aromatic rings. The van der Waals surface area contributed by atoms with E-state index in [2.05, 4.69) is 20.5 Å². The van der Waals surface area contributed by atoms with Crippen LogP contribution < -0.4 is 11.3 Å². The van der Waals surface area contributed by atoms with Crippen molar-refractivity contribution >= 4 is 16.9 Å². The van der Waals surface area contributed by atoms with Gasteiger partial charge >= 0.3 is 0 Å². The monoisotopic (exact) mass is 250 g/mol. The highest BCUT2D eigenvalue weighted by molar-refractivity contribution is 5.85. The first-order valence-electron chi connectivity index (χ1n) is 5.73. The number of hydrogen-bond acceptors (Lipinski definition) is 7. The summed E-state index contributed by atoms with van der Waals surface area (Å²) in [5.41, 5.74) is 1.49. The van der Waals surface area contributed by atoms with Gasteiger partial charge in [0.2, 0.25) is 0 Å². The number of fused-ring (bicyclic) bond motifs is 1. The van der Waals surface area contributed by atoms with E-state index in [0.29, 0.717) is 29.7 Å². The molecule has 2 atom stereocenters. The van der Waals surface area contributed by atoms with Crippen LogP contribution in [0.15, 0.2) is 12.5 Å². The second-order valence-electron chi connectivity index (χ2n) is 4.45. The standard InChI is InChI=1S/C10H14N6O2/c11-15-8-6-4-14-16(9(6)13-5-12-8)10(18)3-1-2-7(10)17/h4-5,7,17-18H,1-3,11H2,(H,12,13,15). The van der Waals surface area contributed by atoms with Gasteiger partial charge in [-0.25, -0.2) is 20.5 Å². The number of rotatable bonds is 2. The van der Waals surface area contributed by atoms with Crippen LogP contribution in [0, 0.1) is 0 Å². The van der Waals surface area contributed by atoms with Crippen molar-refractivity contribution < 1.29 is 10.2 Å². The fraction of sp³-hybridized carbons (Fsp3) is 0.500. The van der Waals surface area contributed by atoms with E-state index in [4.69, 9.17) is 5.84 Å². The molecular formula is C10H14N6O2. The van der Waals surface area contributed by atoms with Gasteiger partial charge in [-0.1, -0.05) is 0 Å². The minimum Gasteiger partial charge on any atom is -0.388 e. The van der Waals surface area contributed by atoms with Gasteiger partial charge < -0.3 is 15.6 Å². The second-order valence-corrected chi connectivity index (χ2v) is 4.45. The first-order valence-corrected chi connectivity index (χ1v) is 5.73. The second kappa shape index (κ2) is 3.87. The molecule has 5 N–H and O–H groups in total. The van der Waals surface area contributed by atoms with Crippen molar-refractivity contribution in [2.24, 2.45) is 5.84 Å². The van der Waals surface area contributed by atoms with Crippen molar-refractivity contribution in [2.45, 2.75) is 31.1 Å². The Balaban J connectivity index is 2.19. The zero-order valence-corrected chi connectivity index (χ0v) is 9.61. The number of anilines is 1. The van der Waals surface area contributed by atoms with Crippen LogP contribution in [0.3, 0.4) is 0 Å². The lowest BCUT2D eigenvalue weighted by Gasteiger charge is -2.27. The Morgan fingerprint density at radius 2 is 2.33 bits per heavy atom. The Morgan fingerprint density at radius 1 is 1.50 bits per heavy atom. The maximum absolute atomic E-state index is 10.5. The summed E-state index contributed by atoms with van der Waals surface area (Å²) in [7, 11) is 0. The zero-order valence-electron chi connectivity index (χ0n) is 9.61. The molecule has 2 unspecified atom stereocenters. The first kappa shape index (κ1) is 11.3. The van der Waals surface area contributed by atoms with E-state index in [1.165, 1.54) is 17.2 Å². The highest BCUT2D eigenvalue weighted by Gasteiger charge is 2.43. The molecule has 0 amide bonds. The Hall–Kier alpha value is -1.77. The third-order valence-corrected chi connectivity index (χ3v) is 3.43. The van der Waals surface area contributed by atoms with Gasteiger partial charge in [0.1, 0.15) is 12.4 Å². The maximum Gasteiger partial charge on any atom is 0.186 e. The summed E-state index contributed by atoms with van der Waals surface area (Å²) in [6.07, 6.45) is 3.75. The molecule has 1 aliphatic carbocycles. The van der Waals surface area contributed by atoms with Crippen LogP contribution in [0.2, 0.25) is 0 Å². The van der Waals surface area contributed by atoms with Crippen molar-refractivity contribution in [1.82, 2.24) is 19.7 Å². The topological polar surface area (TPSA) is 122 Å². The third kappa shape index (κ3) is 1.40. The quantitative estimate of drug-likeness (QED) is 0.410. The van der Waals surface area contributed by atoms with E-state index in [0.717, 1.165) is 6.42 Å². The van der Waals surface area contributed by atoms with Crippen LogP contribution >= 0.6 is 0 Å². The molecule has 0 saturated heterocycles. The molecule has 3 rings (SSSR count). The summed E-state index contributed by atoms with van der Waals surface area (Å²) in [5.74, 6) is 5.78.